The van der Waals surface area contributed by atoms with Crippen molar-refractivity contribution in [2.24, 2.45) is 0 Å². The molecule has 1 N–H and O–H groups in total. The Kier molecular flexibility index (Phi) is 7.42. The van der Waals surface area contributed by atoms with Gasteiger partial charge in [0.1, 0.15) is 5.82 Å². The van der Waals surface area contributed by atoms with E-state index in [0.29, 0.717) is 28.7 Å². The number of hydrogen-bond donors (Lipinski definition) is 1. The van der Waals surface area contributed by atoms with Gasteiger partial charge in [-0.25, -0.2) is 4.39 Å². The Hall–Kier alpha value is -2.11. The fraction of sp³-hybridized carbons (Fsp3) is 0.263. The fourth-order valence-corrected chi connectivity index (χ4v) is 2.98. The van der Waals surface area contributed by atoms with Crippen LogP contribution < -0.4 is 10.2 Å². The molecular formula is C19H19Cl2FN2O2. The molecule has 0 heterocycles. The van der Waals surface area contributed by atoms with Crippen LogP contribution in [0.2, 0.25) is 10.0 Å². The highest BCUT2D eigenvalue weighted by Crippen LogP contribution is 2.21. The van der Waals surface area contributed by atoms with Crippen molar-refractivity contribution < 1.29 is 14.0 Å². The summed E-state index contributed by atoms with van der Waals surface area (Å²) in [5.74, 6) is -0.882. The first-order valence-electron chi connectivity index (χ1n) is 8.11. The van der Waals surface area contributed by atoms with Gasteiger partial charge >= 0.3 is 0 Å². The third-order valence-electron chi connectivity index (χ3n) is 3.79. The molecule has 2 aromatic carbocycles. The van der Waals surface area contributed by atoms with E-state index in [4.69, 9.17) is 23.2 Å². The lowest BCUT2D eigenvalue weighted by Gasteiger charge is -2.21. The van der Waals surface area contributed by atoms with Crippen molar-refractivity contribution in [1.29, 1.82) is 0 Å². The van der Waals surface area contributed by atoms with E-state index in [2.05, 4.69) is 5.32 Å². The zero-order chi connectivity index (χ0) is 19.1. The SMILES string of the molecule is CC(=O)N(CCC(=O)NCCc1ccc(Cl)cc1Cl)c1cccc(F)c1. The van der Waals surface area contributed by atoms with Gasteiger partial charge < -0.3 is 10.2 Å². The second-order valence-electron chi connectivity index (χ2n) is 5.74. The Morgan fingerprint density at radius 2 is 1.92 bits per heavy atom. The fourth-order valence-electron chi connectivity index (χ4n) is 2.48. The molecule has 26 heavy (non-hydrogen) atoms. The largest absolute Gasteiger partial charge is 0.356 e. The van der Waals surface area contributed by atoms with E-state index in [-0.39, 0.29) is 24.8 Å². The molecule has 0 unspecified atom stereocenters. The van der Waals surface area contributed by atoms with E-state index >= 15 is 0 Å². The van der Waals surface area contributed by atoms with Crippen molar-refractivity contribution in [2.45, 2.75) is 19.8 Å². The first kappa shape index (κ1) is 20.2. The molecule has 2 aromatic rings. The second kappa shape index (κ2) is 9.55. The van der Waals surface area contributed by atoms with Crippen molar-refractivity contribution in [3.05, 3.63) is 63.9 Å². The van der Waals surface area contributed by atoms with Gasteiger partial charge in [0, 0.05) is 42.2 Å². The van der Waals surface area contributed by atoms with E-state index in [1.165, 1.54) is 30.0 Å². The monoisotopic (exact) mass is 396 g/mol. The molecule has 0 atom stereocenters. The highest BCUT2D eigenvalue weighted by Gasteiger charge is 2.14. The number of carbonyl (C=O) groups is 2. The van der Waals surface area contributed by atoms with E-state index in [1.54, 1.807) is 18.2 Å². The maximum Gasteiger partial charge on any atom is 0.223 e. The van der Waals surface area contributed by atoms with Crippen LogP contribution in [0.4, 0.5) is 10.1 Å². The number of nitrogens with zero attached hydrogens (tertiary/aromatic N) is 1. The number of amides is 2. The van der Waals surface area contributed by atoms with Crippen LogP contribution in [0.5, 0.6) is 0 Å². The maximum atomic E-state index is 13.3. The molecule has 0 aromatic heterocycles. The average Bonchev–Trinajstić information content (AvgIpc) is 2.57. The molecule has 0 saturated heterocycles. The average molecular weight is 397 g/mol. The van der Waals surface area contributed by atoms with Crippen LogP contribution in [0.15, 0.2) is 42.5 Å². The van der Waals surface area contributed by atoms with Crippen LogP contribution in [-0.2, 0) is 16.0 Å². The summed E-state index contributed by atoms with van der Waals surface area (Å²) in [5.41, 5.74) is 1.32. The quantitative estimate of drug-likeness (QED) is 0.760. The van der Waals surface area contributed by atoms with Gasteiger partial charge in [0.25, 0.3) is 0 Å². The molecule has 2 amide bonds. The maximum absolute atomic E-state index is 13.3. The summed E-state index contributed by atoms with van der Waals surface area (Å²) in [7, 11) is 0. The molecule has 0 fully saturated rings. The van der Waals surface area contributed by atoms with Crippen LogP contribution in [0, 0.1) is 5.82 Å². The van der Waals surface area contributed by atoms with E-state index in [1.807, 2.05) is 6.07 Å². The van der Waals surface area contributed by atoms with Crippen molar-refractivity contribution >= 4 is 40.7 Å². The minimum Gasteiger partial charge on any atom is -0.356 e. The summed E-state index contributed by atoms with van der Waals surface area (Å²) in [5, 5.41) is 3.90. The zero-order valence-corrected chi connectivity index (χ0v) is 15.8. The summed E-state index contributed by atoms with van der Waals surface area (Å²) < 4.78 is 13.3. The van der Waals surface area contributed by atoms with Crippen molar-refractivity contribution in [3.8, 4) is 0 Å². The molecule has 0 bridgehead atoms. The summed E-state index contributed by atoms with van der Waals surface area (Å²) in [6.45, 7) is 1.97. The summed E-state index contributed by atoms with van der Waals surface area (Å²) >= 11 is 11.9. The van der Waals surface area contributed by atoms with E-state index < -0.39 is 5.82 Å². The Morgan fingerprint density at radius 1 is 1.15 bits per heavy atom. The van der Waals surface area contributed by atoms with Gasteiger partial charge in [-0.05, 0) is 42.3 Å². The molecule has 4 nitrogen and oxygen atoms in total. The molecule has 0 spiro atoms. The van der Waals surface area contributed by atoms with Crippen molar-refractivity contribution in [1.82, 2.24) is 5.32 Å². The van der Waals surface area contributed by atoms with Gasteiger partial charge in [-0.3, -0.25) is 9.59 Å². The number of hydrogen-bond acceptors (Lipinski definition) is 2. The highest BCUT2D eigenvalue weighted by atomic mass is 35.5. The lowest BCUT2D eigenvalue weighted by Crippen LogP contribution is -2.34. The predicted octanol–water partition coefficient (Wildman–Crippen LogP) is 4.23. The standard InChI is InChI=1S/C19H19Cl2FN2O2/c1-13(25)24(17-4-2-3-16(22)12-17)10-8-19(26)23-9-7-14-5-6-15(20)11-18(14)21/h2-6,11-12H,7-10H2,1H3,(H,23,26). The van der Waals surface area contributed by atoms with Gasteiger partial charge in [0.05, 0.1) is 0 Å². The molecule has 7 heteroatoms. The molecule has 0 saturated carbocycles. The van der Waals surface area contributed by atoms with Gasteiger partial charge in [-0.15, -0.1) is 0 Å². The number of halogens is 3. The molecule has 138 valence electrons. The van der Waals surface area contributed by atoms with Gasteiger partial charge in [0.15, 0.2) is 0 Å². The summed E-state index contributed by atoms with van der Waals surface area (Å²) in [6, 6.07) is 10.9. The smallest absolute Gasteiger partial charge is 0.223 e. The minimum absolute atomic E-state index is 0.116. The first-order valence-corrected chi connectivity index (χ1v) is 8.86. The lowest BCUT2D eigenvalue weighted by molar-refractivity contribution is -0.121. The molecular weight excluding hydrogens is 378 g/mol. The minimum atomic E-state index is -0.432. The van der Waals surface area contributed by atoms with Crippen molar-refractivity contribution in [2.75, 3.05) is 18.0 Å². The third kappa shape index (κ3) is 6.00. The zero-order valence-electron chi connectivity index (χ0n) is 14.3. The number of benzene rings is 2. The van der Waals surface area contributed by atoms with E-state index in [9.17, 15) is 14.0 Å². The molecule has 2 rings (SSSR count). The highest BCUT2D eigenvalue weighted by molar-refractivity contribution is 6.35. The van der Waals surface area contributed by atoms with Crippen LogP contribution in [0.25, 0.3) is 0 Å². The van der Waals surface area contributed by atoms with Gasteiger partial charge in [0.2, 0.25) is 11.8 Å². The molecule has 0 aliphatic heterocycles. The second-order valence-corrected chi connectivity index (χ2v) is 6.58. The van der Waals surface area contributed by atoms with Gasteiger partial charge in [-0.2, -0.15) is 0 Å². The van der Waals surface area contributed by atoms with Crippen LogP contribution >= 0.6 is 23.2 Å². The van der Waals surface area contributed by atoms with Crippen LogP contribution in [0.1, 0.15) is 18.9 Å². The number of anilines is 1. The Bertz CT molecular complexity index is 799. The first-order chi connectivity index (χ1) is 12.4. The molecule has 0 aliphatic rings. The predicted molar refractivity (Wildman–Crippen MR) is 102 cm³/mol. The van der Waals surface area contributed by atoms with Crippen LogP contribution in [-0.4, -0.2) is 24.9 Å². The third-order valence-corrected chi connectivity index (χ3v) is 4.38. The Balaban J connectivity index is 1.83. The van der Waals surface area contributed by atoms with Crippen molar-refractivity contribution in [3.63, 3.8) is 0 Å². The van der Waals surface area contributed by atoms with Crippen LogP contribution in [0.3, 0.4) is 0 Å². The number of nitrogens with one attached hydrogen (secondary N) is 1. The molecule has 0 aliphatic carbocycles. The summed E-state index contributed by atoms with van der Waals surface area (Å²) in [6.07, 6.45) is 0.687. The molecule has 0 radical (unpaired) electrons. The summed E-state index contributed by atoms with van der Waals surface area (Å²) in [4.78, 5) is 25.2. The van der Waals surface area contributed by atoms with E-state index in [0.717, 1.165) is 5.56 Å². The number of rotatable bonds is 7. The lowest BCUT2D eigenvalue weighted by atomic mass is 10.1. The Labute approximate surface area is 161 Å². The topological polar surface area (TPSA) is 49.4 Å². The Morgan fingerprint density at radius 3 is 2.58 bits per heavy atom. The number of carbonyl (C=O) groups excluding carboxylic acids is 2. The van der Waals surface area contributed by atoms with Gasteiger partial charge in [-0.1, -0.05) is 35.3 Å². The normalized spacial score (nSPS) is 10.5.